The number of unbranched alkanes of at least 4 members (excludes halogenated alkanes) is 8. The SMILES string of the molecule is CCCCCCCCCCCC1CCC(CCc2ccc(C(F)(F)F)cc2F)CC1. The van der Waals surface area contributed by atoms with E-state index in [0.29, 0.717) is 24.0 Å². The van der Waals surface area contributed by atoms with E-state index in [1.165, 1.54) is 96.0 Å². The second-order valence-electron chi connectivity index (χ2n) is 9.35. The van der Waals surface area contributed by atoms with E-state index in [0.717, 1.165) is 18.4 Å². The first-order valence-electron chi connectivity index (χ1n) is 12.3. The summed E-state index contributed by atoms with van der Waals surface area (Å²) >= 11 is 0. The lowest BCUT2D eigenvalue weighted by molar-refractivity contribution is -0.137. The summed E-state index contributed by atoms with van der Waals surface area (Å²) in [5, 5.41) is 0. The molecule has 1 aromatic rings. The fourth-order valence-corrected chi connectivity index (χ4v) is 4.84. The van der Waals surface area contributed by atoms with Gasteiger partial charge in [0, 0.05) is 0 Å². The van der Waals surface area contributed by atoms with Crippen molar-refractivity contribution < 1.29 is 17.6 Å². The highest BCUT2D eigenvalue weighted by atomic mass is 19.4. The van der Waals surface area contributed by atoms with Crippen LogP contribution >= 0.6 is 0 Å². The first-order chi connectivity index (χ1) is 14.4. The smallest absolute Gasteiger partial charge is 0.207 e. The molecule has 0 N–H and O–H groups in total. The van der Waals surface area contributed by atoms with E-state index in [4.69, 9.17) is 0 Å². The molecule has 4 heteroatoms. The molecule has 1 aromatic carbocycles. The van der Waals surface area contributed by atoms with Crippen molar-refractivity contribution in [2.75, 3.05) is 0 Å². The van der Waals surface area contributed by atoms with Gasteiger partial charge in [-0.05, 0) is 42.4 Å². The number of rotatable bonds is 13. The minimum absolute atomic E-state index is 0.416. The van der Waals surface area contributed by atoms with Gasteiger partial charge in [-0.3, -0.25) is 0 Å². The molecule has 1 fully saturated rings. The Balaban J connectivity index is 1.55. The molecule has 30 heavy (non-hydrogen) atoms. The lowest BCUT2D eigenvalue weighted by Gasteiger charge is -2.28. The lowest BCUT2D eigenvalue weighted by Crippen LogP contribution is -2.15. The van der Waals surface area contributed by atoms with Crippen LogP contribution in [-0.2, 0) is 12.6 Å². The van der Waals surface area contributed by atoms with E-state index >= 15 is 0 Å². The normalized spacial score (nSPS) is 19.9. The van der Waals surface area contributed by atoms with Crippen LogP contribution in [0.25, 0.3) is 0 Å². The van der Waals surface area contributed by atoms with E-state index in [9.17, 15) is 17.6 Å². The number of alkyl halides is 3. The molecule has 0 amide bonds. The molecule has 0 heterocycles. The summed E-state index contributed by atoms with van der Waals surface area (Å²) < 4.78 is 52.0. The number of aryl methyl sites for hydroxylation is 1. The van der Waals surface area contributed by atoms with Crippen molar-refractivity contribution in [1.29, 1.82) is 0 Å². The predicted molar refractivity (Wildman–Crippen MR) is 117 cm³/mol. The number of hydrogen-bond acceptors (Lipinski definition) is 0. The molecule has 0 unspecified atom stereocenters. The fourth-order valence-electron chi connectivity index (χ4n) is 4.84. The van der Waals surface area contributed by atoms with Gasteiger partial charge in [0.15, 0.2) is 0 Å². The summed E-state index contributed by atoms with van der Waals surface area (Å²) in [6.07, 6.45) is 15.5. The monoisotopic (exact) mass is 428 g/mol. The molecule has 0 aliphatic heterocycles. The van der Waals surface area contributed by atoms with Crippen LogP contribution < -0.4 is 0 Å². The van der Waals surface area contributed by atoms with Crippen molar-refractivity contribution in [1.82, 2.24) is 0 Å². The summed E-state index contributed by atoms with van der Waals surface area (Å²) in [6, 6.07) is 2.95. The third kappa shape index (κ3) is 9.39. The Morgan fingerprint density at radius 1 is 0.767 bits per heavy atom. The number of hydrogen-bond donors (Lipinski definition) is 0. The molecular weight excluding hydrogens is 388 g/mol. The zero-order valence-electron chi connectivity index (χ0n) is 18.7. The molecule has 172 valence electrons. The summed E-state index contributed by atoms with van der Waals surface area (Å²) in [6.45, 7) is 2.26. The van der Waals surface area contributed by atoms with Gasteiger partial charge in [0.05, 0.1) is 5.56 Å². The van der Waals surface area contributed by atoms with Crippen molar-refractivity contribution in [2.24, 2.45) is 11.8 Å². The van der Waals surface area contributed by atoms with Gasteiger partial charge in [0.1, 0.15) is 5.82 Å². The van der Waals surface area contributed by atoms with Crippen molar-refractivity contribution >= 4 is 0 Å². The van der Waals surface area contributed by atoms with Gasteiger partial charge in [0.2, 0.25) is 0 Å². The van der Waals surface area contributed by atoms with Crippen LogP contribution in [-0.4, -0.2) is 0 Å². The fraction of sp³-hybridized carbons (Fsp3) is 0.769. The Morgan fingerprint density at radius 3 is 1.83 bits per heavy atom. The molecular formula is C26H40F4. The Labute approximate surface area is 180 Å². The lowest BCUT2D eigenvalue weighted by atomic mass is 9.77. The maximum atomic E-state index is 14.0. The molecule has 0 nitrogen and oxygen atoms in total. The highest BCUT2D eigenvalue weighted by Gasteiger charge is 2.31. The van der Waals surface area contributed by atoms with Crippen LogP contribution in [0.3, 0.4) is 0 Å². The molecule has 0 spiro atoms. The molecule has 0 radical (unpaired) electrons. The number of halogens is 4. The topological polar surface area (TPSA) is 0 Å². The van der Waals surface area contributed by atoms with Crippen LogP contribution in [0, 0.1) is 17.7 Å². The second kappa shape index (κ2) is 13.4. The van der Waals surface area contributed by atoms with E-state index in [1.807, 2.05) is 0 Å². The zero-order valence-corrected chi connectivity index (χ0v) is 18.7. The maximum absolute atomic E-state index is 14.0. The molecule has 1 aliphatic carbocycles. The van der Waals surface area contributed by atoms with Gasteiger partial charge in [-0.2, -0.15) is 13.2 Å². The van der Waals surface area contributed by atoms with Crippen molar-refractivity contribution in [3.8, 4) is 0 Å². The molecule has 1 aliphatic rings. The second-order valence-corrected chi connectivity index (χ2v) is 9.35. The quantitative estimate of drug-likeness (QED) is 0.217. The largest absolute Gasteiger partial charge is 0.416 e. The van der Waals surface area contributed by atoms with Crippen LogP contribution in [0.4, 0.5) is 17.6 Å². The van der Waals surface area contributed by atoms with Gasteiger partial charge in [-0.1, -0.05) is 103 Å². The zero-order chi connectivity index (χ0) is 21.8. The molecule has 1 saturated carbocycles. The van der Waals surface area contributed by atoms with E-state index in [1.54, 1.807) is 0 Å². The maximum Gasteiger partial charge on any atom is 0.416 e. The molecule has 0 bridgehead atoms. The molecule has 0 aromatic heterocycles. The summed E-state index contributed by atoms with van der Waals surface area (Å²) in [7, 11) is 0. The minimum atomic E-state index is -4.48. The van der Waals surface area contributed by atoms with Crippen LogP contribution in [0.2, 0.25) is 0 Å². The van der Waals surface area contributed by atoms with Crippen LogP contribution in [0.1, 0.15) is 114 Å². The minimum Gasteiger partial charge on any atom is -0.207 e. The van der Waals surface area contributed by atoms with Gasteiger partial charge in [0.25, 0.3) is 0 Å². The first-order valence-corrected chi connectivity index (χ1v) is 12.3. The highest BCUT2D eigenvalue weighted by Crippen LogP contribution is 2.35. The Hall–Kier alpha value is -1.06. The van der Waals surface area contributed by atoms with Crippen LogP contribution in [0.15, 0.2) is 18.2 Å². The number of benzene rings is 1. The van der Waals surface area contributed by atoms with Gasteiger partial charge >= 0.3 is 6.18 Å². The Kier molecular flexibility index (Phi) is 11.2. The Bertz CT molecular complexity index is 585. The van der Waals surface area contributed by atoms with E-state index in [-0.39, 0.29) is 0 Å². The summed E-state index contributed by atoms with van der Waals surface area (Å²) in [5.41, 5.74) is -0.486. The van der Waals surface area contributed by atoms with Gasteiger partial charge in [-0.15, -0.1) is 0 Å². The van der Waals surface area contributed by atoms with E-state index in [2.05, 4.69) is 6.92 Å². The van der Waals surface area contributed by atoms with Gasteiger partial charge < -0.3 is 0 Å². The Morgan fingerprint density at radius 2 is 1.30 bits per heavy atom. The standard InChI is InChI=1S/C26H40F4/c1-2-3-4-5-6-7-8-9-10-11-21-12-14-22(15-13-21)16-17-23-18-19-24(20-25(23)27)26(28,29)30/h18-22H,2-17H2,1H3. The average molecular weight is 429 g/mol. The third-order valence-corrected chi connectivity index (χ3v) is 6.88. The summed E-state index contributed by atoms with van der Waals surface area (Å²) in [4.78, 5) is 0. The average Bonchev–Trinajstić information content (AvgIpc) is 2.72. The van der Waals surface area contributed by atoms with Crippen molar-refractivity contribution in [3.63, 3.8) is 0 Å². The summed E-state index contributed by atoms with van der Waals surface area (Å²) in [5.74, 6) is 0.712. The van der Waals surface area contributed by atoms with Crippen molar-refractivity contribution in [3.05, 3.63) is 35.1 Å². The molecule has 0 saturated heterocycles. The third-order valence-electron chi connectivity index (χ3n) is 6.88. The van der Waals surface area contributed by atoms with Crippen molar-refractivity contribution in [2.45, 2.75) is 116 Å². The molecule has 0 atom stereocenters. The van der Waals surface area contributed by atoms with Gasteiger partial charge in [-0.25, -0.2) is 4.39 Å². The highest BCUT2D eigenvalue weighted by molar-refractivity contribution is 5.26. The van der Waals surface area contributed by atoms with E-state index < -0.39 is 17.6 Å². The predicted octanol–water partition coefficient (Wildman–Crippen LogP) is 9.50. The van der Waals surface area contributed by atoms with Crippen LogP contribution in [0.5, 0.6) is 0 Å². The first kappa shape index (κ1) is 25.2. The molecule has 2 rings (SSSR count).